The molecule has 2 unspecified atom stereocenters. The summed E-state index contributed by atoms with van der Waals surface area (Å²) in [6, 6.07) is 0. The minimum atomic E-state index is -5.08. The summed E-state index contributed by atoms with van der Waals surface area (Å²) in [6.45, 7) is -0.781. The summed E-state index contributed by atoms with van der Waals surface area (Å²) in [5.41, 5.74) is 6.14. The molecular weight excluding hydrogens is 571 g/mol. The molecule has 2 aliphatic rings. The Morgan fingerprint density at radius 1 is 1.15 bits per heavy atom. The van der Waals surface area contributed by atoms with Crippen molar-refractivity contribution in [1.29, 1.82) is 0 Å². The topological polar surface area (TPSA) is 244 Å². The van der Waals surface area contributed by atoms with Crippen molar-refractivity contribution in [2.75, 3.05) is 12.3 Å². The lowest BCUT2D eigenvalue weighted by atomic mass is 10.1. The van der Waals surface area contributed by atoms with Crippen LogP contribution < -0.4 is 5.73 Å². The first-order chi connectivity index (χ1) is 16.0. The predicted octanol–water partition coefficient (Wildman–Crippen LogP) is 1.02. The zero-order valence-corrected chi connectivity index (χ0v) is 20.5. The molecule has 0 saturated carbocycles. The van der Waals surface area contributed by atoms with Crippen molar-refractivity contribution in [2.24, 2.45) is 0 Å². The lowest BCUT2D eigenvalue weighted by molar-refractivity contribution is -0.496. The van der Waals surface area contributed by atoms with Gasteiger partial charge in [0.05, 0.1) is 12.9 Å². The molecule has 6 atom stereocenters. The Balaban J connectivity index is 1.45. The molecule has 24 heteroatoms. The Labute approximate surface area is 199 Å². The first-order valence-electron chi connectivity index (χ1n) is 8.55. The van der Waals surface area contributed by atoms with Crippen LogP contribution in [0.1, 0.15) is 6.23 Å². The Kier molecular flexibility index (Phi) is 7.74. The van der Waals surface area contributed by atoms with Gasteiger partial charge in [-0.3, -0.25) is 9.09 Å². The van der Waals surface area contributed by atoms with Crippen LogP contribution in [0.3, 0.4) is 0 Å². The van der Waals surface area contributed by atoms with E-state index in [1.165, 1.54) is 10.9 Å². The molecule has 190 valence electrons. The number of anilines is 1. The van der Waals surface area contributed by atoms with Crippen LogP contribution >= 0.6 is 49.3 Å². The SMILES string of the molecule is Nc1ncnc2c1ncn2[C@@H]1O[C@H](COP(=O)(OS)OP(=O)(OS)OP2(=O)OOO2)[C@@H](O)[C@H]1O. The first kappa shape index (κ1) is 26.4. The molecule has 0 aromatic carbocycles. The molecule has 0 aliphatic carbocycles. The number of imidazole rings is 1. The van der Waals surface area contributed by atoms with Crippen molar-refractivity contribution in [3.63, 3.8) is 0 Å². The minimum absolute atomic E-state index is 0.0744. The van der Waals surface area contributed by atoms with E-state index in [1.54, 1.807) is 0 Å². The van der Waals surface area contributed by atoms with E-state index in [0.29, 0.717) is 0 Å². The van der Waals surface area contributed by atoms with E-state index in [2.05, 4.69) is 71.7 Å². The highest BCUT2D eigenvalue weighted by Crippen LogP contribution is 2.75. The number of aromatic nitrogens is 4. The number of ether oxygens (including phenoxy) is 1. The third-order valence-corrected chi connectivity index (χ3v) is 9.99. The van der Waals surface area contributed by atoms with E-state index in [-0.39, 0.29) is 17.0 Å². The van der Waals surface area contributed by atoms with Gasteiger partial charge in [-0.25, -0.2) is 36.6 Å². The molecule has 4 heterocycles. The second-order valence-corrected chi connectivity index (χ2v) is 12.2. The largest absolute Gasteiger partial charge is 0.542 e. The minimum Gasteiger partial charge on any atom is -0.387 e. The molecule has 2 aliphatic heterocycles. The molecule has 0 bridgehead atoms. The fourth-order valence-corrected chi connectivity index (χ4v) is 7.37. The lowest BCUT2D eigenvalue weighted by Gasteiger charge is -2.25. The van der Waals surface area contributed by atoms with Crippen LogP contribution in [0.15, 0.2) is 12.7 Å². The maximum absolute atomic E-state index is 12.7. The van der Waals surface area contributed by atoms with E-state index in [9.17, 15) is 23.9 Å². The third kappa shape index (κ3) is 5.21. The molecule has 2 aromatic heterocycles. The average molecular weight is 585 g/mol. The van der Waals surface area contributed by atoms with Gasteiger partial charge in [-0.15, -0.1) is 0 Å². The molecule has 2 aromatic rings. The Hall–Kier alpha value is -0.700. The lowest BCUT2D eigenvalue weighted by Crippen LogP contribution is -2.33. The molecule has 34 heavy (non-hydrogen) atoms. The van der Waals surface area contributed by atoms with E-state index >= 15 is 0 Å². The zero-order chi connectivity index (χ0) is 24.7. The number of fused-ring (bicyclic) bond motifs is 1. The number of hydrogen-bond donors (Lipinski definition) is 5. The van der Waals surface area contributed by atoms with Gasteiger partial charge in [0.15, 0.2) is 17.7 Å². The summed E-state index contributed by atoms with van der Waals surface area (Å²) in [5, 5.41) is 24.5. The number of nitrogens with zero attached hydrogens (tertiary/aromatic N) is 4. The van der Waals surface area contributed by atoms with Crippen LogP contribution in [-0.2, 0) is 53.9 Å². The third-order valence-electron chi connectivity index (χ3n) is 4.24. The van der Waals surface area contributed by atoms with Crippen LogP contribution in [0.5, 0.6) is 0 Å². The van der Waals surface area contributed by atoms with Gasteiger partial charge in [0.1, 0.15) is 30.2 Å². The Bertz CT molecular complexity index is 1190. The van der Waals surface area contributed by atoms with Crippen molar-refractivity contribution in [1.82, 2.24) is 19.5 Å². The fourth-order valence-electron chi connectivity index (χ4n) is 2.78. The van der Waals surface area contributed by atoms with Crippen molar-refractivity contribution in [2.45, 2.75) is 24.5 Å². The summed E-state index contributed by atoms with van der Waals surface area (Å²) >= 11 is 6.54. The van der Waals surface area contributed by atoms with Gasteiger partial charge in [-0.05, 0) is 30.9 Å². The van der Waals surface area contributed by atoms with Crippen LogP contribution in [0.4, 0.5) is 5.82 Å². The monoisotopic (exact) mass is 585 g/mol. The summed E-state index contributed by atoms with van der Waals surface area (Å²) in [6.07, 6.45) is -3.29. The van der Waals surface area contributed by atoms with Gasteiger partial charge in [-0.1, -0.05) is 9.35 Å². The number of nitrogen functional groups attached to an aromatic ring is 1. The van der Waals surface area contributed by atoms with Crippen molar-refractivity contribution in [3.05, 3.63) is 12.7 Å². The van der Waals surface area contributed by atoms with E-state index in [0.717, 1.165) is 6.33 Å². The highest BCUT2D eigenvalue weighted by Gasteiger charge is 2.53. The first-order valence-corrected chi connectivity index (χ1v) is 13.7. The molecule has 19 nitrogen and oxygen atoms in total. The standard InChI is InChI=1S/C10H14N5O14P3S2/c11-8-5-9(13-2-12-8)15(3-14-5)10-7(17)6(16)4(22-10)1-21-30(18,28-33)26-32(20,29-34)27-31(19)24-23-25-31/h2-4,6-7,10,16-17,33-34H,1H2,(H2,11,12,13)/t4-,6-,7-,10-,30?,32?/m1/s1. The second-order valence-electron chi connectivity index (χ2n) is 6.31. The normalized spacial score (nSPS) is 30.0. The molecule has 4 rings (SSSR count). The van der Waals surface area contributed by atoms with Gasteiger partial charge in [0, 0.05) is 0 Å². The number of nitrogens with two attached hydrogens (primary N) is 1. The highest BCUT2D eigenvalue weighted by molar-refractivity contribution is 7.84. The number of aliphatic hydroxyl groups is 2. The maximum atomic E-state index is 12.7. The smallest absolute Gasteiger partial charge is 0.387 e. The van der Waals surface area contributed by atoms with E-state index in [1.807, 2.05) is 0 Å². The molecule has 4 N–H and O–H groups in total. The average Bonchev–Trinajstić information content (AvgIpc) is 3.33. The van der Waals surface area contributed by atoms with Crippen molar-refractivity contribution in [3.8, 4) is 0 Å². The second kappa shape index (κ2) is 9.98. The summed E-state index contributed by atoms with van der Waals surface area (Å²) in [7, 11) is -14.5. The van der Waals surface area contributed by atoms with Gasteiger partial charge in [-0.2, -0.15) is 8.62 Å². The quantitative estimate of drug-likeness (QED) is 0.113. The van der Waals surface area contributed by atoms with E-state index < -0.39 is 54.6 Å². The Morgan fingerprint density at radius 3 is 2.47 bits per heavy atom. The highest BCUT2D eigenvalue weighted by atomic mass is 32.1. The molecule has 2 fully saturated rings. The molecular formula is C10H14N5O14P3S2. The van der Waals surface area contributed by atoms with Crippen LogP contribution in [0.25, 0.3) is 11.2 Å². The number of thiol groups is 2. The van der Waals surface area contributed by atoms with Crippen LogP contribution in [0, 0.1) is 0 Å². The maximum Gasteiger partial charge on any atom is 0.542 e. The summed E-state index contributed by atoms with van der Waals surface area (Å²) < 4.78 is 73.7. The van der Waals surface area contributed by atoms with Crippen LogP contribution in [0.2, 0.25) is 0 Å². The zero-order valence-electron chi connectivity index (χ0n) is 16.1. The summed E-state index contributed by atoms with van der Waals surface area (Å²) in [5.74, 6) is 0.0744. The van der Waals surface area contributed by atoms with Gasteiger partial charge < -0.3 is 20.7 Å². The molecule has 0 amide bonds. The van der Waals surface area contributed by atoms with Crippen LogP contribution in [-0.4, -0.2) is 54.7 Å². The van der Waals surface area contributed by atoms with Gasteiger partial charge in [0.2, 0.25) is 0 Å². The van der Waals surface area contributed by atoms with Gasteiger partial charge >= 0.3 is 23.5 Å². The van der Waals surface area contributed by atoms with E-state index in [4.69, 9.17) is 15.0 Å². The fraction of sp³-hybridized carbons (Fsp3) is 0.500. The molecule has 2 saturated heterocycles. The number of hydrogen-bond acceptors (Lipinski definition) is 20. The van der Waals surface area contributed by atoms with Crippen molar-refractivity contribution < 1.29 is 64.1 Å². The number of aliphatic hydroxyl groups excluding tert-OH is 2. The molecule has 0 spiro atoms. The molecule has 0 radical (unpaired) electrons. The predicted molar refractivity (Wildman–Crippen MR) is 110 cm³/mol. The van der Waals surface area contributed by atoms with Crippen molar-refractivity contribution >= 4 is 66.3 Å². The van der Waals surface area contributed by atoms with Gasteiger partial charge in [0.25, 0.3) is 0 Å². The summed E-state index contributed by atoms with van der Waals surface area (Å²) in [4.78, 5) is 11.8. The Morgan fingerprint density at radius 2 is 1.85 bits per heavy atom. The number of phosphoric acid groups is 3. The number of rotatable bonds is 10.